The number of benzene rings is 2. The topological polar surface area (TPSA) is 111 Å². The number of nitro groups is 1. The van der Waals surface area contributed by atoms with Crippen LogP contribution in [-0.4, -0.2) is 29.4 Å². The minimum absolute atomic E-state index is 0.0217. The highest BCUT2D eigenvalue weighted by atomic mass is 16.6. The summed E-state index contributed by atoms with van der Waals surface area (Å²) in [5.74, 6) is -1.05. The number of hydrogen-bond acceptors (Lipinski definition) is 6. The molecule has 0 unspecified atom stereocenters. The van der Waals surface area contributed by atoms with Gasteiger partial charge in [-0.15, -0.1) is 0 Å². The molecule has 2 aromatic carbocycles. The van der Waals surface area contributed by atoms with Gasteiger partial charge in [0.2, 0.25) is 0 Å². The van der Waals surface area contributed by atoms with Gasteiger partial charge in [-0.05, 0) is 42.5 Å². The number of nitrogens with zero attached hydrogens (tertiary/aromatic N) is 1. The van der Waals surface area contributed by atoms with Crippen molar-refractivity contribution < 1.29 is 19.2 Å². The van der Waals surface area contributed by atoms with Crippen molar-refractivity contribution in [3.8, 4) is 0 Å². The molecule has 1 amide bonds. The second kappa shape index (κ2) is 8.72. The number of nitro benzene ring substituents is 1. The van der Waals surface area contributed by atoms with Crippen molar-refractivity contribution in [2.24, 2.45) is 0 Å². The Morgan fingerprint density at radius 2 is 1.90 bits per heavy atom. The molecule has 8 nitrogen and oxygen atoms in total. The first-order chi connectivity index (χ1) is 13.8. The minimum Gasteiger partial charge on any atom is -0.452 e. The number of rotatable bonds is 8. The number of carbonyl (C=O) groups is 2. The van der Waals surface area contributed by atoms with Crippen LogP contribution < -0.4 is 10.6 Å². The van der Waals surface area contributed by atoms with Crippen LogP contribution in [0.1, 0.15) is 48.5 Å². The van der Waals surface area contributed by atoms with E-state index in [1.807, 2.05) is 32.0 Å². The van der Waals surface area contributed by atoms with Gasteiger partial charge in [-0.2, -0.15) is 0 Å². The van der Waals surface area contributed by atoms with E-state index >= 15 is 0 Å². The van der Waals surface area contributed by atoms with Crippen LogP contribution in [0, 0.1) is 10.1 Å². The van der Waals surface area contributed by atoms with E-state index in [4.69, 9.17) is 4.74 Å². The van der Waals surface area contributed by atoms with Gasteiger partial charge in [0.25, 0.3) is 11.6 Å². The first kappa shape index (κ1) is 20.3. The summed E-state index contributed by atoms with van der Waals surface area (Å²) in [5.41, 5.74) is 1.84. The first-order valence-corrected chi connectivity index (χ1v) is 9.46. The summed E-state index contributed by atoms with van der Waals surface area (Å²) in [7, 11) is 0. The molecular weight excluding hydrogens is 374 g/mol. The van der Waals surface area contributed by atoms with Crippen LogP contribution >= 0.6 is 0 Å². The second-order valence-corrected chi connectivity index (χ2v) is 7.27. The van der Waals surface area contributed by atoms with E-state index in [0.717, 1.165) is 18.4 Å². The molecule has 0 atom stereocenters. The zero-order chi connectivity index (χ0) is 21.0. The molecule has 1 aliphatic rings. The van der Waals surface area contributed by atoms with Gasteiger partial charge in [0.15, 0.2) is 6.61 Å². The maximum Gasteiger partial charge on any atom is 0.338 e. The molecular formula is C21H23N3O5. The van der Waals surface area contributed by atoms with Crippen molar-refractivity contribution in [2.45, 2.75) is 38.6 Å². The Morgan fingerprint density at radius 3 is 2.55 bits per heavy atom. The molecule has 1 saturated carbocycles. The first-order valence-electron chi connectivity index (χ1n) is 9.46. The monoisotopic (exact) mass is 397 g/mol. The molecule has 1 fully saturated rings. The number of carbonyl (C=O) groups excluding carboxylic acids is 2. The highest BCUT2D eigenvalue weighted by Crippen LogP contribution is 2.31. The van der Waals surface area contributed by atoms with Crippen molar-refractivity contribution in [1.29, 1.82) is 0 Å². The average Bonchev–Trinajstić information content (AvgIpc) is 3.50. The quantitative estimate of drug-likeness (QED) is 0.394. The standard InChI is InChI=1S/C21H23N3O5/c1-13(2)16-5-3-4-6-17(16)23-20(25)12-29-21(26)14-7-10-18(22-15-8-9-15)19(11-14)24(27)28/h3-7,10-11,13,15,22H,8-9,12H2,1-2H3,(H,23,25). The lowest BCUT2D eigenvalue weighted by atomic mass is 10.0. The third-order valence-electron chi connectivity index (χ3n) is 4.56. The Bertz CT molecular complexity index is 938. The number of nitrogens with one attached hydrogen (secondary N) is 2. The van der Waals surface area contributed by atoms with Crippen LogP contribution in [0.15, 0.2) is 42.5 Å². The maximum absolute atomic E-state index is 12.3. The number of para-hydroxylation sites is 1. The predicted octanol–water partition coefficient (Wildman–Crippen LogP) is 4.09. The summed E-state index contributed by atoms with van der Waals surface area (Å²) in [6, 6.07) is 11.7. The molecule has 0 saturated heterocycles. The Balaban J connectivity index is 1.62. The third kappa shape index (κ3) is 5.31. The summed E-state index contributed by atoms with van der Waals surface area (Å²) >= 11 is 0. The SMILES string of the molecule is CC(C)c1ccccc1NC(=O)COC(=O)c1ccc(NC2CC2)c([N+](=O)[O-])c1. The van der Waals surface area contributed by atoms with Gasteiger partial charge in [-0.1, -0.05) is 32.0 Å². The normalized spacial score (nSPS) is 13.1. The highest BCUT2D eigenvalue weighted by Gasteiger charge is 2.26. The van der Waals surface area contributed by atoms with Gasteiger partial charge in [-0.3, -0.25) is 14.9 Å². The fraction of sp³-hybridized carbons (Fsp3) is 0.333. The van der Waals surface area contributed by atoms with Crippen molar-refractivity contribution >= 4 is 28.9 Å². The molecule has 0 heterocycles. The van der Waals surface area contributed by atoms with Gasteiger partial charge in [0, 0.05) is 17.8 Å². The van der Waals surface area contributed by atoms with Gasteiger partial charge < -0.3 is 15.4 Å². The van der Waals surface area contributed by atoms with Crippen molar-refractivity contribution in [3.63, 3.8) is 0 Å². The summed E-state index contributed by atoms with van der Waals surface area (Å²) in [4.78, 5) is 35.2. The van der Waals surface area contributed by atoms with Crippen LogP contribution in [-0.2, 0) is 9.53 Å². The van der Waals surface area contributed by atoms with Crippen LogP contribution in [0.25, 0.3) is 0 Å². The smallest absolute Gasteiger partial charge is 0.338 e. The second-order valence-electron chi connectivity index (χ2n) is 7.27. The molecule has 0 aliphatic heterocycles. The summed E-state index contributed by atoms with van der Waals surface area (Å²) in [5, 5.41) is 17.1. The minimum atomic E-state index is -0.793. The maximum atomic E-state index is 12.3. The highest BCUT2D eigenvalue weighted by molar-refractivity contribution is 5.96. The Labute approximate surface area is 168 Å². The summed E-state index contributed by atoms with van der Waals surface area (Å²) < 4.78 is 5.04. The molecule has 2 aromatic rings. The molecule has 0 spiro atoms. The number of esters is 1. The van der Waals surface area contributed by atoms with E-state index in [1.165, 1.54) is 18.2 Å². The molecule has 8 heteroatoms. The van der Waals surface area contributed by atoms with Crippen molar-refractivity contribution in [3.05, 3.63) is 63.7 Å². The lowest BCUT2D eigenvalue weighted by Crippen LogP contribution is -2.21. The van der Waals surface area contributed by atoms with Crippen LogP contribution in [0.5, 0.6) is 0 Å². The zero-order valence-corrected chi connectivity index (χ0v) is 16.3. The number of amides is 1. The average molecular weight is 397 g/mol. The molecule has 2 N–H and O–H groups in total. The van der Waals surface area contributed by atoms with E-state index in [9.17, 15) is 19.7 Å². The van der Waals surface area contributed by atoms with E-state index in [0.29, 0.717) is 11.4 Å². The molecule has 0 aromatic heterocycles. The van der Waals surface area contributed by atoms with E-state index in [2.05, 4.69) is 10.6 Å². The summed E-state index contributed by atoms with van der Waals surface area (Å²) in [6.07, 6.45) is 1.94. The zero-order valence-electron chi connectivity index (χ0n) is 16.3. The van der Waals surface area contributed by atoms with Crippen LogP contribution in [0.2, 0.25) is 0 Å². The fourth-order valence-corrected chi connectivity index (χ4v) is 2.89. The fourth-order valence-electron chi connectivity index (χ4n) is 2.89. The molecule has 152 valence electrons. The number of hydrogen-bond donors (Lipinski definition) is 2. The van der Waals surface area contributed by atoms with Gasteiger partial charge in [0.05, 0.1) is 10.5 Å². The third-order valence-corrected chi connectivity index (χ3v) is 4.56. The lowest BCUT2D eigenvalue weighted by molar-refractivity contribution is -0.384. The number of anilines is 2. The Kier molecular flexibility index (Phi) is 6.11. The van der Waals surface area contributed by atoms with Crippen molar-refractivity contribution in [1.82, 2.24) is 0 Å². The molecule has 0 radical (unpaired) electrons. The Morgan fingerprint density at radius 1 is 1.17 bits per heavy atom. The van der Waals surface area contributed by atoms with Gasteiger partial charge >= 0.3 is 5.97 Å². The molecule has 29 heavy (non-hydrogen) atoms. The van der Waals surface area contributed by atoms with E-state index in [-0.39, 0.29) is 23.2 Å². The molecule has 1 aliphatic carbocycles. The van der Waals surface area contributed by atoms with E-state index < -0.39 is 23.4 Å². The van der Waals surface area contributed by atoms with Gasteiger partial charge in [-0.25, -0.2) is 4.79 Å². The molecule has 0 bridgehead atoms. The van der Waals surface area contributed by atoms with Crippen LogP contribution in [0.3, 0.4) is 0 Å². The Hall–Kier alpha value is -3.42. The predicted molar refractivity (Wildman–Crippen MR) is 109 cm³/mol. The van der Waals surface area contributed by atoms with Gasteiger partial charge in [0.1, 0.15) is 5.69 Å². The lowest BCUT2D eigenvalue weighted by Gasteiger charge is -2.13. The largest absolute Gasteiger partial charge is 0.452 e. The van der Waals surface area contributed by atoms with Crippen LogP contribution in [0.4, 0.5) is 17.1 Å². The molecule has 3 rings (SSSR count). The number of ether oxygens (including phenoxy) is 1. The van der Waals surface area contributed by atoms with Crippen molar-refractivity contribution in [2.75, 3.05) is 17.2 Å². The van der Waals surface area contributed by atoms with E-state index in [1.54, 1.807) is 6.07 Å². The summed E-state index contributed by atoms with van der Waals surface area (Å²) in [6.45, 7) is 3.54.